The molecule has 0 aromatic heterocycles. The number of likely N-dealkylation sites (tertiary alicyclic amines) is 1. The van der Waals surface area contributed by atoms with Crippen LogP contribution in [0, 0.1) is 0 Å². The molecular formula is C12H22N2O3. The molecule has 2 rings (SSSR count). The quantitative estimate of drug-likeness (QED) is 0.711. The van der Waals surface area contributed by atoms with Gasteiger partial charge >= 0.3 is 6.09 Å². The predicted molar refractivity (Wildman–Crippen MR) is 63.8 cm³/mol. The summed E-state index contributed by atoms with van der Waals surface area (Å²) in [6.07, 6.45) is 1.78. The van der Waals surface area contributed by atoms with Gasteiger partial charge in [-0.3, -0.25) is 4.90 Å². The number of carbonyl (C=O) groups excluding carboxylic acids is 1. The number of hydrogen-bond donors (Lipinski definition) is 2. The van der Waals surface area contributed by atoms with E-state index in [4.69, 9.17) is 4.74 Å². The number of rotatable bonds is 1. The van der Waals surface area contributed by atoms with Gasteiger partial charge in [-0.25, -0.2) is 4.79 Å². The molecule has 3 atom stereocenters. The Labute approximate surface area is 102 Å². The highest BCUT2D eigenvalue weighted by Gasteiger charge is 2.43. The third kappa shape index (κ3) is 2.72. The molecule has 0 saturated carbocycles. The van der Waals surface area contributed by atoms with Crippen molar-refractivity contribution in [1.82, 2.24) is 10.2 Å². The Hall–Kier alpha value is -0.810. The number of fused-ring (bicyclic) bond motifs is 2. The number of nitrogens with one attached hydrogen (secondary N) is 1. The Morgan fingerprint density at radius 2 is 2.18 bits per heavy atom. The van der Waals surface area contributed by atoms with Crippen molar-refractivity contribution in [3.8, 4) is 0 Å². The van der Waals surface area contributed by atoms with E-state index in [1.54, 1.807) is 4.90 Å². The largest absolute Gasteiger partial charge is 0.444 e. The molecule has 2 fully saturated rings. The molecule has 2 bridgehead atoms. The van der Waals surface area contributed by atoms with E-state index in [0.29, 0.717) is 12.6 Å². The molecule has 17 heavy (non-hydrogen) atoms. The van der Waals surface area contributed by atoms with Gasteiger partial charge in [-0.2, -0.15) is 0 Å². The van der Waals surface area contributed by atoms with Gasteiger partial charge in [-0.1, -0.05) is 0 Å². The highest BCUT2D eigenvalue weighted by Crippen LogP contribution is 2.26. The molecule has 0 aliphatic carbocycles. The van der Waals surface area contributed by atoms with Crippen LogP contribution in [0.1, 0.15) is 33.6 Å². The second-order valence-corrected chi connectivity index (χ2v) is 5.93. The van der Waals surface area contributed by atoms with Gasteiger partial charge in [-0.05, 0) is 33.6 Å². The summed E-state index contributed by atoms with van der Waals surface area (Å²) in [5, 5.41) is 12.9. The van der Waals surface area contributed by atoms with Crippen LogP contribution < -0.4 is 5.32 Å². The van der Waals surface area contributed by atoms with E-state index in [9.17, 15) is 9.90 Å². The number of aliphatic hydroxyl groups excluding tert-OH is 1. The Balaban J connectivity index is 2.06. The molecule has 0 aromatic rings. The minimum absolute atomic E-state index is 0.0103. The summed E-state index contributed by atoms with van der Waals surface area (Å²) in [4.78, 5) is 13.8. The molecule has 2 aliphatic rings. The van der Waals surface area contributed by atoms with E-state index in [-0.39, 0.29) is 24.8 Å². The number of aliphatic hydroxyl groups is 1. The minimum atomic E-state index is -0.485. The lowest BCUT2D eigenvalue weighted by Crippen LogP contribution is -2.61. The van der Waals surface area contributed by atoms with Crippen LogP contribution >= 0.6 is 0 Å². The molecule has 0 spiro atoms. The van der Waals surface area contributed by atoms with Crippen molar-refractivity contribution in [3.05, 3.63) is 0 Å². The average Bonchev–Trinajstić information content (AvgIpc) is 2.58. The highest BCUT2D eigenvalue weighted by atomic mass is 16.6. The Morgan fingerprint density at radius 1 is 1.47 bits per heavy atom. The van der Waals surface area contributed by atoms with Crippen LogP contribution in [0.5, 0.6) is 0 Å². The van der Waals surface area contributed by atoms with Crippen LogP contribution in [-0.2, 0) is 4.74 Å². The van der Waals surface area contributed by atoms with Crippen LogP contribution in [0.15, 0.2) is 0 Å². The third-order valence-electron chi connectivity index (χ3n) is 3.37. The second-order valence-electron chi connectivity index (χ2n) is 5.93. The van der Waals surface area contributed by atoms with Gasteiger partial charge in [-0.15, -0.1) is 0 Å². The Bertz CT molecular complexity index is 301. The van der Waals surface area contributed by atoms with Crippen molar-refractivity contribution >= 4 is 6.09 Å². The molecule has 2 heterocycles. The fraction of sp³-hybridized carbons (Fsp3) is 0.917. The molecular weight excluding hydrogens is 220 g/mol. The van der Waals surface area contributed by atoms with E-state index in [2.05, 4.69) is 5.32 Å². The van der Waals surface area contributed by atoms with E-state index >= 15 is 0 Å². The van der Waals surface area contributed by atoms with Gasteiger partial charge in [0.05, 0.1) is 12.6 Å². The number of carbonyl (C=O) groups is 1. The van der Waals surface area contributed by atoms with Crippen molar-refractivity contribution in [2.45, 2.75) is 57.3 Å². The monoisotopic (exact) mass is 242 g/mol. The van der Waals surface area contributed by atoms with Crippen LogP contribution in [0.3, 0.4) is 0 Å². The minimum Gasteiger partial charge on any atom is -0.444 e. The number of amides is 1. The number of piperazine rings is 1. The zero-order valence-corrected chi connectivity index (χ0v) is 10.8. The summed E-state index contributed by atoms with van der Waals surface area (Å²) < 4.78 is 5.38. The lowest BCUT2D eigenvalue weighted by molar-refractivity contribution is -0.00368. The summed E-state index contributed by atoms with van der Waals surface area (Å²) in [6, 6.07) is 0.421. The highest BCUT2D eigenvalue weighted by molar-refractivity contribution is 5.69. The lowest BCUT2D eigenvalue weighted by atomic mass is 10.1. The number of hydrogen-bond acceptors (Lipinski definition) is 4. The first-order valence-corrected chi connectivity index (χ1v) is 6.27. The molecule has 0 aromatic carbocycles. The van der Waals surface area contributed by atoms with Gasteiger partial charge in [0.2, 0.25) is 0 Å². The molecule has 2 saturated heterocycles. The molecule has 5 nitrogen and oxygen atoms in total. The van der Waals surface area contributed by atoms with Crippen LogP contribution in [0.2, 0.25) is 0 Å². The number of ether oxygens (including phenoxy) is 1. The summed E-state index contributed by atoms with van der Waals surface area (Å²) in [5.41, 5.74) is -0.485. The smallest absolute Gasteiger partial charge is 0.410 e. The molecule has 1 amide bonds. The van der Waals surface area contributed by atoms with Crippen molar-refractivity contribution < 1.29 is 14.6 Å². The Kier molecular flexibility index (Phi) is 3.32. The van der Waals surface area contributed by atoms with Crippen molar-refractivity contribution in [2.24, 2.45) is 0 Å². The van der Waals surface area contributed by atoms with E-state index < -0.39 is 5.60 Å². The topological polar surface area (TPSA) is 61.8 Å². The molecule has 5 heteroatoms. The number of nitrogens with zero attached hydrogens (tertiary/aromatic N) is 1. The van der Waals surface area contributed by atoms with Crippen LogP contribution in [-0.4, -0.2) is 53.0 Å². The summed E-state index contributed by atoms with van der Waals surface area (Å²) in [5.74, 6) is 0. The normalized spacial score (nSPS) is 32.7. The van der Waals surface area contributed by atoms with Crippen molar-refractivity contribution in [1.29, 1.82) is 0 Å². The first kappa shape index (κ1) is 12.6. The fourth-order valence-electron chi connectivity index (χ4n) is 2.64. The predicted octanol–water partition coefficient (Wildman–Crippen LogP) is 0.719. The van der Waals surface area contributed by atoms with Crippen LogP contribution in [0.4, 0.5) is 4.79 Å². The first-order chi connectivity index (χ1) is 7.90. The first-order valence-electron chi connectivity index (χ1n) is 6.27. The van der Waals surface area contributed by atoms with Gasteiger partial charge in [0.15, 0.2) is 0 Å². The van der Waals surface area contributed by atoms with E-state index in [0.717, 1.165) is 12.8 Å². The van der Waals surface area contributed by atoms with E-state index in [1.165, 1.54) is 0 Å². The summed E-state index contributed by atoms with van der Waals surface area (Å²) in [6.45, 7) is 6.20. The zero-order valence-electron chi connectivity index (χ0n) is 10.8. The van der Waals surface area contributed by atoms with Crippen molar-refractivity contribution in [3.63, 3.8) is 0 Å². The maximum Gasteiger partial charge on any atom is 0.410 e. The second kappa shape index (κ2) is 4.46. The van der Waals surface area contributed by atoms with Gasteiger partial charge in [0.1, 0.15) is 5.60 Å². The van der Waals surface area contributed by atoms with E-state index in [1.807, 2.05) is 20.8 Å². The fourth-order valence-corrected chi connectivity index (χ4v) is 2.64. The summed E-state index contributed by atoms with van der Waals surface area (Å²) >= 11 is 0. The molecule has 2 N–H and O–H groups in total. The third-order valence-corrected chi connectivity index (χ3v) is 3.37. The van der Waals surface area contributed by atoms with Crippen molar-refractivity contribution in [2.75, 3.05) is 13.2 Å². The summed E-state index contributed by atoms with van der Waals surface area (Å²) in [7, 11) is 0. The van der Waals surface area contributed by atoms with Gasteiger partial charge in [0.25, 0.3) is 0 Å². The van der Waals surface area contributed by atoms with Gasteiger partial charge in [0, 0.05) is 18.6 Å². The van der Waals surface area contributed by atoms with Crippen LogP contribution in [0.25, 0.3) is 0 Å². The molecule has 0 unspecified atom stereocenters. The zero-order chi connectivity index (χ0) is 12.6. The maximum atomic E-state index is 12.1. The maximum absolute atomic E-state index is 12.1. The SMILES string of the molecule is CC(C)(C)OC(=O)N1C[C@@H]2CC[C@@H](N2)[C@@H]1CO. The Morgan fingerprint density at radius 3 is 2.76 bits per heavy atom. The molecule has 98 valence electrons. The standard InChI is InChI=1S/C12H22N2O3/c1-12(2,3)17-11(16)14-6-8-4-5-9(13-8)10(14)7-15/h8-10,13,15H,4-7H2,1-3H3/t8-,9+,10-/m0/s1. The average molecular weight is 242 g/mol. The molecule has 2 aliphatic heterocycles. The molecule has 0 radical (unpaired) electrons. The lowest BCUT2D eigenvalue weighted by Gasteiger charge is -2.40. The van der Waals surface area contributed by atoms with Gasteiger partial charge < -0.3 is 15.2 Å².